The summed E-state index contributed by atoms with van der Waals surface area (Å²) in [5.74, 6) is -1.17. The molecule has 0 aromatic carbocycles. The molecule has 0 aromatic rings. The summed E-state index contributed by atoms with van der Waals surface area (Å²) in [6.07, 6.45) is 8.92. The summed E-state index contributed by atoms with van der Waals surface area (Å²) < 4.78 is 26.7. The summed E-state index contributed by atoms with van der Waals surface area (Å²) in [5.41, 5.74) is 0. The zero-order valence-electron chi connectivity index (χ0n) is 18.7. The average molecular weight is 435 g/mol. The van der Waals surface area contributed by atoms with Crippen LogP contribution >= 0.6 is 0 Å². The highest BCUT2D eigenvalue weighted by Gasteiger charge is 2.04. The van der Waals surface area contributed by atoms with Crippen LogP contribution in [0.2, 0.25) is 0 Å². The lowest BCUT2D eigenvalue weighted by atomic mass is 10.1. The van der Waals surface area contributed by atoms with Crippen molar-refractivity contribution in [2.75, 3.05) is 59.5 Å². The van der Waals surface area contributed by atoms with Crippen LogP contribution < -0.4 is 0 Å². The number of carbonyl (C=O) groups is 2. The second-order valence-corrected chi connectivity index (χ2v) is 7.04. The molecule has 0 aliphatic carbocycles. The Hall–Kier alpha value is -1.22. The molecule has 0 heterocycles. The van der Waals surface area contributed by atoms with Crippen molar-refractivity contribution in [3.63, 3.8) is 0 Å². The fraction of sp³-hybridized carbons (Fsp3) is 0.909. The number of ether oxygens (including phenoxy) is 5. The lowest BCUT2D eigenvalue weighted by molar-refractivity contribution is -0.146. The predicted octanol–water partition coefficient (Wildman–Crippen LogP) is 3.60. The number of hydrogen-bond donors (Lipinski definition) is 1. The first-order chi connectivity index (χ1) is 14.7. The van der Waals surface area contributed by atoms with E-state index in [2.05, 4.69) is 6.92 Å². The van der Waals surface area contributed by atoms with Crippen molar-refractivity contribution in [3.8, 4) is 0 Å². The summed E-state index contributed by atoms with van der Waals surface area (Å²) in [6, 6.07) is 0. The van der Waals surface area contributed by atoms with Crippen LogP contribution in [-0.4, -0.2) is 76.5 Å². The van der Waals surface area contributed by atoms with Gasteiger partial charge in [0.05, 0.1) is 46.2 Å². The number of esters is 1. The lowest BCUT2D eigenvalue weighted by Gasteiger charge is -2.08. The van der Waals surface area contributed by atoms with Gasteiger partial charge in [-0.2, -0.15) is 0 Å². The minimum Gasteiger partial charge on any atom is -0.481 e. The average Bonchev–Trinajstić information content (AvgIpc) is 2.72. The van der Waals surface area contributed by atoms with Crippen molar-refractivity contribution in [2.45, 2.75) is 71.1 Å². The summed E-state index contributed by atoms with van der Waals surface area (Å²) in [5, 5.41) is 8.50. The molecule has 0 saturated heterocycles. The largest absolute Gasteiger partial charge is 0.481 e. The van der Waals surface area contributed by atoms with Crippen LogP contribution in [0.3, 0.4) is 0 Å². The Morgan fingerprint density at radius 1 is 0.567 bits per heavy atom. The Bertz CT molecular complexity index is 389. The number of carboxylic acid groups (broad SMARTS) is 1. The van der Waals surface area contributed by atoms with Crippen molar-refractivity contribution in [3.05, 3.63) is 0 Å². The molecule has 0 radical (unpaired) electrons. The van der Waals surface area contributed by atoms with Gasteiger partial charge in [0.25, 0.3) is 0 Å². The quantitative estimate of drug-likeness (QED) is 0.182. The first-order valence-electron chi connectivity index (χ1n) is 11.3. The van der Waals surface area contributed by atoms with E-state index < -0.39 is 5.97 Å². The highest BCUT2D eigenvalue weighted by molar-refractivity contribution is 5.69. The van der Waals surface area contributed by atoms with Crippen molar-refractivity contribution < 1.29 is 38.4 Å². The van der Waals surface area contributed by atoms with E-state index in [1.54, 1.807) is 0 Å². The summed E-state index contributed by atoms with van der Waals surface area (Å²) in [4.78, 5) is 21.7. The Kier molecular flexibility index (Phi) is 23.1. The molecule has 0 rings (SSSR count). The molecule has 0 aliphatic heterocycles. The normalized spacial score (nSPS) is 11.0. The van der Waals surface area contributed by atoms with Gasteiger partial charge < -0.3 is 28.8 Å². The topological polar surface area (TPSA) is 101 Å². The maximum Gasteiger partial charge on any atom is 0.305 e. The van der Waals surface area contributed by atoms with Gasteiger partial charge in [-0.1, -0.05) is 39.0 Å². The van der Waals surface area contributed by atoms with Crippen LogP contribution in [0.25, 0.3) is 0 Å². The van der Waals surface area contributed by atoms with Crippen molar-refractivity contribution in [1.29, 1.82) is 0 Å². The number of rotatable bonds is 24. The van der Waals surface area contributed by atoms with Gasteiger partial charge in [-0.25, -0.2) is 0 Å². The number of carboxylic acids is 1. The second kappa shape index (κ2) is 24.1. The third-order valence-electron chi connectivity index (χ3n) is 4.27. The minimum absolute atomic E-state index is 0.0778. The van der Waals surface area contributed by atoms with Gasteiger partial charge in [-0.15, -0.1) is 0 Å². The molecule has 178 valence electrons. The summed E-state index contributed by atoms with van der Waals surface area (Å²) in [6.45, 7) is 6.67. The number of hydrogen-bond acceptors (Lipinski definition) is 7. The Labute approximate surface area is 181 Å². The van der Waals surface area contributed by atoms with Gasteiger partial charge in [0, 0.05) is 19.4 Å². The lowest BCUT2D eigenvalue weighted by Crippen LogP contribution is -2.14. The SMILES string of the molecule is CCCCCCCCOCCOCCOCCOCCOC(=O)CCCCC(=O)O. The van der Waals surface area contributed by atoms with Crippen LogP contribution in [0, 0.1) is 0 Å². The van der Waals surface area contributed by atoms with Gasteiger partial charge in [0.2, 0.25) is 0 Å². The van der Waals surface area contributed by atoms with E-state index >= 15 is 0 Å². The number of unbranched alkanes of at least 4 members (excludes halogenated alkanes) is 6. The molecule has 0 fully saturated rings. The molecule has 0 spiro atoms. The van der Waals surface area contributed by atoms with Gasteiger partial charge in [0.15, 0.2) is 0 Å². The van der Waals surface area contributed by atoms with Gasteiger partial charge >= 0.3 is 11.9 Å². The fourth-order valence-electron chi connectivity index (χ4n) is 2.58. The van der Waals surface area contributed by atoms with E-state index in [1.165, 1.54) is 32.1 Å². The van der Waals surface area contributed by atoms with E-state index in [9.17, 15) is 9.59 Å². The van der Waals surface area contributed by atoms with Crippen molar-refractivity contribution >= 4 is 11.9 Å². The zero-order chi connectivity index (χ0) is 22.1. The molecule has 0 bridgehead atoms. The molecule has 30 heavy (non-hydrogen) atoms. The van der Waals surface area contributed by atoms with Crippen LogP contribution in [0.1, 0.15) is 71.1 Å². The first-order valence-corrected chi connectivity index (χ1v) is 11.3. The molecule has 0 amide bonds. The number of carbonyl (C=O) groups excluding carboxylic acids is 1. The smallest absolute Gasteiger partial charge is 0.305 e. The van der Waals surface area contributed by atoms with E-state index in [4.69, 9.17) is 28.8 Å². The van der Waals surface area contributed by atoms with Crippen molar-refractivity contribution in [2.24, 2.45) is 0 Å². The molecule has 0 unspecified atom stereocenters. The second-order valence-electron chi connectivity index (χ2n) is 7.04. The molecule has 8 nitrogen and oxygen atoms in total. The summed E-state index contributed by atoms with van der Waals surface area (Å²) >= 11 is 0. The van der Waals surface area contributed by atoms with E-state index in [-0.39, 0.29) is 25.4 Å². The highest BCUT2D eigenvalue weighted by Crippen LogP contribution is 2.04. The first kappa shape index (κ1) is 28.8. The molecule has 8 heteroatoms. The predicted molar refractivity (Wildman–Crippen MR) is 114 cm³/mol. The molecule has 0 aromatic heterocycles. The highest BCUT2D eigenvalue weighted by atomic mass is 16.6. The van der Waals surface area contributed by atoms with Gasteiger partial charge in [0.1, 0.15) is 6.61 Å². The molecular weight excluding hydrogens is 392 g/mol. The minimum atomic E-state index is -0.849. The van der Waals surface area contributed by atoms with Crippen LogP contribution in [0.5, 0.6) is 0 Å². The van der Waals surface area contributed by atoms with Crippen LogP contribution in [0.15, 0.2) is 0 Å². The third-order valence-corrected chi connectivity index (χ3v) is 4.27. The number of aliphatic carboxylic acids is 1. The molecule has 0 aliphatic rings. The Balaban J connectivity index is 3.11. The van der Waals surface area contributed by atoms with Gasteiger partial charge in [-0.3, -0.25) is 9.59 Å². The van der Waals surface area contributed by atoms with E-state index in [0.717, 1.165) is 13.0 Å². The van der Waals surface area contributed by atoms with Crippen LogP contribution in [0.4, 0.5) is 0 Å². The molecule has 1 N–H and O–H groups in total. The van der Waals surface area contributed by atoms with E-state index in [1.807, 2.05) is 0 Å². The summed E-state index contributed by atoms with van der Waals surface area (Å²) in [7, 11) is 0. The van der Waals surface area contributed by atoms with E-state index in [0.29, 0.717) is 59.1 Å². The fourth-order valence-corrected chi connectivity index (χ4v) is 2.58. The molecule has 0 atom stereocenters. The maximum atomic E-state index is 11.4. The third kappa shape index (κ3) is 24.8. The van der Waals surface area contributed by atoms with Crippen molar-refractivity contribution in [1.82, 2.24) is 0 Å². The standard InChI is InChI=1S/C22H42O8/c1-2-3-4-5-6-9-12-26-13-14-27-15-16-28-17-18-29-19-20-30-22(25)11-8-7-10-21(23)24/h2-20H2,1H3,(H,23,24). The van der Waals surface area contributed by atoms with Crippen LogP contribution in [-0.2, 0) is 33.3 Å². The van der Waals surface area contributed by atoms with Gasteiger partial charge in [-0.05, 0) is 19.3 Å². The zero-order valence-corrected chi connectivity index (χ0v) is 18.7. The monoisotopic (exact) mass is 434 g/mol. The molecular formula is C22H42O8. The Morgan fingerprint density at radius 3 is 1.60 bits per heavy atom. The maximum absolute atomic E-state index is 11.4. The molecule has 0 saturated carbocycles. The Morgan fingerprint density at radius 2 is 1.03 bits per heavy atom.